The van der Waals surface area contributed by atoms with E-state index in [4.69, 9.17) is 5.73 Å². The lowest BCUT2D eigenvalue weighted by atomic mass is 9.89. The molecular weight excluding hydrogens is 191 g/mol. The molecule has 3 heteroatoms. The van der Waals surface area contributed by atoms with Gasteiger partial charge in [-0.1, -0.05) is 12.1 Å². The fourth-order valence-electron chi connectivity index (χ4n) is 2.41. The lowest BCUT2D eigenvalue weighted by Crippen LogP contribution is -2.21. The number of hydrogen-bond donors (Lipinski definition) is 1. The molecule has 0 bridgehead atoms. The molecule has 1 aliphatic heterocycles. The Morgan fingerprint density at radius 3 is 2.60 bits per heavy atom. The number of rotatable bonds is 2. The number of likely N-dealkylation sites (tertiary alicyclic amines) is 1. The highest BCUT2D eigenvalue weighted by molar-refractivity contribution is 5.23. The average molecular weight is 208 g/mol. The quantitative estimate of drug-likeness (QED) is 0.796. The summed E-state index contributed by atoms with van der Waals surface area (Å²) in [4.78, 5) is 2.28. The van der Waals surface area contributed by atoms with Gasteiger partial charge in [-0.25, -0.2) is 4.39 Å². The topological polar surface area (TPSA) is 29.3 Å². The van der Waals surface area contributed by atoms with E-state index in [9.17, 15) is 4.39 Å². The maximum Gasteiger partial charge on any atom is 0.123 e. The molecule has 1 heterocycles. The molecule has 15 heavy (non-hydrogen) atoms. The van der Waals surface area contributed by atoms with Crippen LogP contribution in [0.25, 0.3) is 0 Å². The van der Waals surface area contributed by atoms with Crippen LogP contribution in [0.5, 0.6) is 0 Å². The Kier molecular flexibility index (Phi) is 3.03. The van der Waals surface area contributed by atoms with Gasteiger partial charge >= 0.3 is 0 Å². The SMILES string of the molecule is CN1CC(CN)C(c2ccc(F)cc2)C1. The van der Waals surface area contributed by atoms with Gasteiger partial charge in [0.1, 0.15) is 5.82 Å². The predicted octanol–water partition coefficient (Wildman–Crippen LogP) is 1.43. The molecule has 0 radical (unpaired) electrons. The summed E-state index contributed by atoms with van der Waals surface area (Å²) in [6.07, 6.45) is 0. The summed E-state index contributed by atoms with van der Waals surface area (Å²) in [5.41, 5.74) is 6.96. The highest BCUT2D eigenvalue weighted by Gasteiger charge is 2.30. The first-order chi connectivity index (χ1) is 7.20. The zero-order valence-electron chi connectivity index (χ0n) is 8.99. The summed E-state index contributed by atoms with van der Waals surface area (Å²) in [5, 5.41) is 0. The summed E-state index contributed by atoms with van der Waals surface area (Å²) in [6.45, 7) is 2.76. The van der Waals surface area contributed by atoms with Crippen LogP contribution in [-0.2, 0) is 0 Å². The van der Waals surface area contributed by atoms with Crippen LogP contribution in [0.3, 0.4) is 0 Å². The van der Waals surface area contributed by atoms with Gasteiger partial charge in [0.05, 0.1) is 0 Å². The number of halogens is 1. The zero-order chi connectivity index (χ0) is 10.8. The van der Waals surface area contributed by atoms with Crippen molar-refractivity contribution in [2.24, 2.45) is 11.7 Å². The highest BCUT2D eigenvalue weighted by Crippen LogP contribution is 2.31. The molecule has 2 rings (SSSR count). The number of benzene rings is 1. The molecule has 1 fully saturated rings. The third-order valence-electron chi connectivity index (χ3n) is 3.22. The minimum Gasteiger partial charge on any atom is -0.330 e. The molecule has 0 aliphatic carbocycles. The van der Waals surface area contributed by atoms with Crippen molar-refractivity contribution < 1.29 is 4.39 Å². The molecule has 82 valence electrons. The number of likely N-dealkylation sites (N-methyl/N-ethyl adjacent to an activating group) is 1. The van der Waals surface area contributed by atoms with Gasteiger partial charge in [0, 0.05) is 19.0 Å². The molecule has 0 spiro atoms. The van der Waals surface area contributed by atoms with Crippen LogP contribution in [0.1, 0.15) is 11.5 Å². The first-order valence-corrected chi connectivity index (χ1v) is 5.35. The zero-order valence-corrected chi connectivity index (χ0v) is 8.99. The number of nitrogens with two attached hydrogens (primary N) is 1. The summed E-state index contributed by atoms with van der Waals surface area (Å²) in [7, 11) is 2.10. The normalized spacial score (nSPS) is 27.1. The van der Waals surface area contributed by atoms with Crippen LogP contribution in [0.15, 0.2) is 24.3 Å². The Bertz CT molecular complexity index is 323. The van der Waals surface area contributed by atoms with Crippen molar-refractivity contribution in [3.05, 3.63) is 35.6 Å². The van der Waals surface area contributed by atoms with E-state index in [0.717, 1.165) is 13.1 Å². The lowest BCUT2D eigenvalue weighted by Gasteiger charge is -2.16. The van der Waals surface area contributed by atoms with Gasteiger partial charge in [-0.15, -0.1) is 0 Å². The molecule has 2 atom stereocenters. The van der Waals surface area contributed by atoms with E-state index in [1.54, 1.807) is 0 Å². The second-order valence-electron chi connectivity index (χ2n) is 4.38. The Hall–Kier alpha value is -0.930. The van der Waals surface area contributed by atoms with Crippen molar-refractivity contribution in [1.82, 2.24) is 4.90 Å². The van der Waals surface area contributed by atoms with Gasteiger partial charge in [-0.05, 0) is 37.2 Å². The second-order valence-corrected chi connectivity index (χ2v) is 4.38. The third-order valence-corrected chi connectivity index (χ3v) is 3.22. The molecule has 1 aliphatic rings. The minimum atomic E-state index is -0.172. The molecule has 2 N–H and O–H groups in total. The van der Waals surface area contributed by atoms with Gasteiger partial charge < -0.3 is 10.6 Å². The fraction of sp³-hybridized carbons (Fsp3) is 0.500. The smallest absolute Gasteiger partial charge is 0.123 e. The van der Waals surface area contributed by atoms with E-state index in [-0.39, 0.29) is 5.82 Å². The summed E-state index contributed by atoms with van der Waals surface area (Å²) < 4.78 is 12.8. The number of hydrogen-bond acceptors (Lipinski definition) is 2. The Balaban J connectivity index is 2.19. The van der Waals surface area contributed by atoms with Crippen molar-refractivity contribution in [3.8, 4) is 0 Å². The van der Waals surface area contributed by atoms with E-state index in [1.165, 1.54) is 17.7 Å². The maximum absolute atomic E-state index is 12.8. The van der Waals surface area contributed by atoms with Gasteiger partial charge in [0.25, 0.3) is 0 Å². The Morgan fingerprint density at radius 2 is 2.00 bits per heavy atom. The maximum atomic E-state index is 12.8. The van der Waals surface area contributed by atoms with Gasteiger partial charge in [-0.3, -0.25) is 0 Å². The monoisotopic (exact) mass is 208 g/mol. The molecule has 1 saturated heterocycles. The number of nitrogens with zero attached hydrogens (tertiary/aromatic N) is 1. The highest BCUT2D eigenvalue weighted by atomic mass is 19.1. The fourth-order valence-corrected chi connectivity index (χ4v) is 2.41. The van der Waals surface area contributed by atoms with Crippen molar-refractivity contribution in [1.29, 1.82) is 0 Å². The lowest BCUT2D eigenvalue weighted by molar-refractivity contribution is 0.397. The molecule has 1 aromatic carbocycles. The summed E-state index contributed by atoms with van der Waals surface area (Å²) >= 11 is 0. The van der Waals surface area contributed by atoms with Crippen molar-refractivity contribution >= 4 is 0 Å². The minimum absolute atomic E-state index is 0.172. The molecule has 0 aromatic heterocycles. The molecule has 2 nitrogen and oxygen atoms in total. The summed E-state index contributed by atoms with van der Waals surface area (Å²) in [6, 6.07) is 6.81. The van der Waals surface area contributed by atoms with E-state index in [0.29, 0.717) is 18.4 Å². The largest absolute Gasteiger partial charge is 0.330 e. The van der Waals surface area contributed by atoms with Gasteiger partial charge in [0.15, 0.2) is 0 Å². The van der Waals surface area contributed by atoms with E-state index < -0.39 is 0 Å². The van der Waals surface area contributed by atoms with E-state index in [1.807, 2.05) is 12.1 Å². The van der Waals surface area contributed by atoms with Gasteiger partial charge in [0.2, 0.25) is 0 Å². The van der Waals surface area contributed by atoms with Crippen LogP contribution in [-0.4, -0.2) is 31.6 Å². The van der Waals surface area contributed by atoms with E-state index in [2.05, 4.69) is 11.9 Å². The second kappa shape index (κ2) is 4.29. The standard InChI is InChI=1S/C12H17FN2/c1-15-7-10(6-14)12(8-15)9-2-4-11(13)5-3-9/h2-5,10,12H,6-8,14H2,1H3. The van der Waals surface area contributed by atoms with Crippen LogP contribution in [0.4, 0.5) is 4.39 Å². The van der Waals surface area contributed by atoms with Crippen LogP contribution in [0.2, 0.25) is 0 Å². The molecule has 0 saturated carbocycles. The Morgan fingerprint density at radius 1 is 1.33 bits per heavy atom. The van der Waals surface area contributed by atoms with Crippen LogP contribution >= 0.6 is 0 Å². The van der Waals surface area contributed by atoms with E-state index >= 15 is 0 Å². The first-order valence-electron chi connectivity index (χ1n) is 5.35. The van der Waals surface area contributed by atoms with Crippen molar-refractivity contribution in [3.63, 3.8) is 0 Å². The van der Waals surface area contributed by atoms with Gasteiger partial charge in [-0.2, -0.15) is 0 Å². The Labute approximate surface area is 89.9 Å². The molecule has 0 amide bonds. The molecule has 2 unspecified atom stereocenters. The van der Waals surface area contributed by atoms with Crippen molar-refractivity contribution in [2.75, 3.05) is 26.7 Å². The van der Waals surface area contributed by atoms with Crippen molar-refractivity contribution in [2.45, 2.75) is 5.92 Å². The first kappa shape index (κ1) is 10.6. The third kappa shape index (κ3) is 2.19. The van der Waals surface area contributed by atoms with Crippen LogP contribution in [0, 0.1) is 11.7 Å². The molecular formula is C12H17FN2. The average Bonchev–Trinajstić information content (AvgIpc) is 2.61. The molecule has 1 aromatic rings. The predicted molar refractivity (Wildman–Crippen MR) is 59.2 cm³/mol. The van der Waals surface area contributed by atoms with Crippen LogP contribution < -0.4 is 5.73 Å². The summed E-state index contributed by atoms with van der Waals surface area (Å²) in [5.74, 6) is 0.787.